The molecule has 0 rings (SSSR count). The van der Waals surface area contributed by atoms with E-state index in [1.807, 2.05) is 0 Å². The van der Waals surface area contributed by atoms with Crippen LogP contribution in [0.2, 0.25) is 0 Å². The van der Waals surface area contributed by atoms with Gasteiger partial charge in [0.25, 0.3) is 0 Å². The number of hydrogen-bond donors (Lipinski definition) is 3. The van der Waals surface area contributed by atoms with Crippen molar-refractivity contribution < 1.29 is 24.6 Å². The average molecular weight is 259 g/mol. The Labute approximate surface area is 106 Å². The smallest absolute Gasteiger partial charge is 0.318 e. The highest BCUT2D eigenvalue weighted by atomic mass is 16.4. The van der Waals surface area contributed by atoms with Crippen molar-refractivity contribution in [2.45, 2.75) is 39.7 Å². The molecule has 2 unspecified atom stereocenters. The van der Waals surface area contributed by atoms with Crippen LogP contribution in [-0.2, 0) is 14.4 Å². The molecule has 0 heterocycles. The van der Waals surface area contributed by atoms with E-state index < -0.39 is 29.8 Å². The number of rotatable bonds is 8. The second-order valence-electron chi connectivity index (χ2n) is 4.75. The first kappa shape index (κ1) is 16.6. The highest BCUT2D eigenvalue weighted by molar-refractivity contribution is 5.94. The Morgan fingerprint density at radius 1 is 1.11 bits per heavy atom. The van der Waals surface area contributed by atoms with Gasteiger partial charge in [0.15, 0.2) is 5.92 Å². The minimum atomic E-state index is -1.57. The highest BCUT2D eigenvalue weighted by Crippen LogP contribution is 2.26. The fourth-order valence-corrected chi connectivity index (χ4v) is 1.82. The van der Waals surface area contributed by atoms with Gasteiger partial charge < -0.3 is 15.9 Å². The quantitative estimate of drug-likeness (QED) is 0.553. The standard InChI is InChI=1S/C12H21NO5/c1-4-8(13)9(14)5-7(6(2)3)10(11(15)16)12(17)18/h6-8,10H,4-5,13H2,1-3H3,(H,15,16)(H,17,18). The number of nitrogens with two attached hydrogens (primary N) is 1. The van der Waals surface area contributed by atoms with Gasteiger partial charge in [0.1, 0.15) is 5.78 Å². The van der Waals surface area contributed by atoms with Crippen LogP contribution in [0.1, 0.15) is 33.6 Å². The van der Waals surface area contributed by atoms with E-state index in [2.05, 4.69) is 0 Å². The van der Waals surface area contributed by atoms with Gasteiger partial charge in [-0.15, -0.1) is 0 Å². The lowest BCUT2D eigenvalue weighted by Crippen LogP contribution is -2.39. The number of hydrogen-bond acceptors (Lipinski definition) is 4. The molecular weight excluding hydrogens is 238 g/mol. The lowest BCUT2D eigenvalue weighted by atomic mass is 9.79. The van der Waals surface area contributed by atoms with Crippen LogP contribution < -0.4 is 5.73 Å². The zero-order valence-electron chi connectivity index (χ0n) is 10.9. The van der Waals surface area contributed by atoms with Gasteiger partial charge in [-0.25, -0.2) is 0 Å². The van der Waals surface area contributed by atoms with Gasteiger partial charge >= 0.3 is 11.9 Å². The minimum absolute atomic E-state index is 0.115. The maximum atomic E-state index is 11.7. The van der Waals surface area contributed by atoms with E-state index in [0.29, 0.717) is 6.42 Å². The molecular formula is C12H21NO5. The van der Waals surface area contributed by atoms with Crippen LogP contribution in [0.4, 0.5) is 0 Å². The highest BCUT2D eigenvalue weighted by Gasteiger charge is 2.38. The average Bonchev–Trinajstić information content (AvgIpc) is 2.25. The predicted molar refractivity (Wildman–Crippen MR) is 65.0 cm³/mol. The number of carbonyl (C=O) groups is 3. The van der Waals surface area contributed by atoms with Crippen molar-refractivity contribution in [3.63, 3.8) is 0 Å². The van der Waals surface area contributed by atoms with Gasteiger partial charge in [0.2, 0.25) is 0 Å². The normalized spacial score (nSPS) is 14.6. The van der Waals surface area contributed by atoms with Gasteiger partial charge in [-0.2, -0.15) is 0 Å². The molecule has 0 aromatic rings. The summed E-state index contributed by atoms with van der Waals surface area (Å²) in [4.78, 5) is 33.7. The Hall–Kier alpha value is -1.43. The molecule has 0 bridgehead atoms. The monoisotopic (exact) mass is 259 g/mol. The number of ketones is 1. The lowest BCUT2D eigenvalue weighted by Gasteiger charge is -2.24. The van der Waals surface area contributed by atoms with Crippen molar-refractivity contribution >= 4 is 17.7 Å². The van der Waals surface area contributed by atoms with Gasteiger partial charge in [0, 0.05) is 6.42 Å². The van der Waals surface area contributed by atoms with Crippen LogP contribution in [0.3, 0.4) is 0 Å². The molecule has 0 radical (unpaired) electrons. The summed E-state index contributed by atoms with van der Waals surface area (Å²) in [5.74, 6) is -5.67. The zero-order valence-corrected chi connectivity index (χ0v) is 10.9. The fraction of sp³-hybridized carbons (Fsp3) is 0.750. The number of carboxylic acids is 2. The SMILES string of the molecule is CCC(N)C(=O)CC(C(C)C)C(C(=O)O)C(=O)O. The summed E-state index contributed by atoms with van der Waals surface area (Å²) in [6, 6.07) is -0.658. The van der Waals surface area contributed by atoms with Crippen LogP contribution >= 0.6 is 0 Å². The Morgan fingerprint density at radius 2 is 1.56 bits per heavy atom. The Bertz CT molecular complexity index is 312. The molecule has 0 fully saturated rings. The Morgan fingerprint density at radius 3 is 1.83 bits per heavy atom. The topological polar surface area (TPSA) is 118 Å². The van der Waals surface area contributed by atoms with Gasteiger partial charge in [0.05, 0.1) is 6.04 Å². The van der Waals surface area contributed by atoms with Gasteiger partial charge in [-0.3, -0.25) is 14.4 Å². The molecule has 0 aromatic heterocycles. The fourth-order valence-electron chi connectivity index (χ4n) is 1.82. The van der Waals surface area contributed by atoms with Crippen LogP contribution in [0.25, 0.3) is 0 Å². The third-order valence-electron chi connectivity index (χ3n) is 3.11. The summed E-state index contributed by atoms with van der Waals surface area (Å²) in [5, 5.41) is 17.9. The molecule has 18 heavy (non-hydrogen) atoms. The Balaban J connectivity index is 5.01. The predicted octanol–water partition coefficient (Wildman–Crippen LogP) is 0.741. The second kappa shape index (κ2) is 7.10. The van der Waals surface area contributed by atoms with Crippen molar-refractivity contribution in [1.82, 2.24) is 0 Å². The molecule has 6 nitrogen and oxygen atoms in total. The van der Waals surface area contributed by atoms with E-state index in [9.17, 15) is 14.4 Å². The van der Waals surface area contributed by atoms with Crippen molar-refractivity contribution in [3.8, 4) is 0 Å². The zero-order chi connectivity index (χ0) is 14.5. The van der Waals surface area contributed by atoms with Gasteiger partial charge in [-0.05, 0) is 18.3 Å². The van der Waals surface area contributed by atoms with E-state index >= 15 is 0 Å². The van der Waals surface area contributed by atoms with Crippen LogP contribution in [-0.4, -0.2) is 34.0 Å². The summed E-state index contributed by atoms with van der Waals surface area (Å²) in [7, 11) is 0. The van der Waals surface area contributed by atoms with Crippen molar-refractivity contribution in [2.75, 3.05) is 0 Å². The molecule has 104 valence electrons. The minimum Gasteiger partial charge on any atom is -0.481 e. The molecule has 0 aliphatic heterocycles. The van der Waals surface area contributed by atoms with Crippen LogP contribution in [0.15, 0.2) is 0 Å². The van der Waals surface area contributed by atoms with Gasteiger partial charge in [-0.1, -0.05) is 20.8 Å². The molecule has 0 aromatic carbocycles. The number of carbonyl (C=O) groups excluding carboxylic acids is 1. The molecule has 0 saturated heterocycles. The van der Waals surface area contributed by atoms with Crippen molar-refractivity contribution in [1.29, 1.82) is 0 Å². The van der Waals surface area contributed by atoms with Crippen LogP contribution in [0.5, 0.6) is 0 Å². The largest absolute Gasteiger partial charge is 0.481 e. The first-order valence-corrected chi connectivity index (χ1v) is 5.96. The maximum Gasteiger partial charge on any atom is 0.318 e. The molecule has 4 N–H and O–H groups in total. The van der Waals surface area contributed by atoms with Crippen molar-refractivity contribution in [2.24, 2.45) is 23.5 Å². The van der Waals surface area contributed by atoms with E-state index in [4.69, 9.17) is 15.9 Å². The molecule has 2 atom stereocenters. The summed E-state index contributed by atoms with van der Waals surface area (Å²) in [5.41, 5.74) is 5.57. The lowest BCUT2D eigenvalue weighted by molar-refractivity contribution is -0.158. The molecule has 0 aliphatic rings. The van der Waals surface area contributed by atoms with E-state index in [-0.39, 0.29) is 18.1 Å². The van der Waals surface area contributed by atoms with E-state index in [0.717, 1.165) is 0 Å². The molecule has 0 aliphatic carbocycles. The first-order chi connectivity index (χ1) is 8.22. The van der Waals surface area contributed by atoms with E-state index in [1.165, 1.54) is 0 Å². The third kappa shape index (κ3) is 4.44. The Kier molecular flexibility index (Phi) is 6.54. The number of Topliss-reactive ketones (excluding diaryl/α,β-unsaturated/α-hetero) is 1. The van der Waals surface area contributed by atoms with Crippen molar-refractivity contribution in [3.05, 3.63) is 0 Å². The summed E-state index contributed by atoms with van der Waals surface area (Å²) in [6.07, 6.45) is 0.338. The molecule has 6 heteroatoms. The second-order valence-corrected chi connectivity index (χ2v) is 4.75. The molecule has 0 spiro atoms. The summed E-state index contributed by atoms with van der Waals surface area (Å²) < 4.78 is 0. The first-order valence-electron chi connectivity index (χ1n) is 5.96. The number of aliphatic carboxylic acids is 2. The van der Waals surface area contributed by atoms with Crippen LogP contribution in [0, 0.1) is 17.8 Å². The third-order valence-corrected chi connectivity index (χ3v) is 3.11. The number of carboxylic acid groups (broad SMARTS) is 2. The maximum absolute atomic E-state index is 11.7. The molecule has 0 amide bonds. The summed E-state index contributed by atoms with van der Waals surface area (Å²) >= 11 is 0. The molecule has 0 saturated carbocycles. The summed E-state index contributed by atoms with van der Waals surface area (Å²) in [6.45, 7) is 5.15. The van der Waals surface area contributed by atoms with E-state index in [1.54, 1.807) is 20.8 Å².